The minimum Gasteiger partial charge on any atom is -0.380 e. The Hall–Kier alpha value is -1.76. The molecule has 6 nitrogen and oxygen atoms in total. The first kappa shape index (κ1) is 15.6. The molecular weight excluding hydrogens is 290 g/mol. The van der Waals surface area contributed by atoms with Crippen LogP contribution < -0.4 is 5.32 Å². The number of nitrogens with one attached hydrogen (secondary N) is 1. The molecule has 114 valence electrons. The van der Waals surface area contributed by atoms with E-state index in [4.69, 9.17) is 0 Å². The highest BCUT2D eigenvalue weighted by atomic mass is 32.2. The monoisotopic (exact) mass is 309 g/mol. The molecule has 1 fully saturated rings. The first-order chi connectivity index (χ1) is 10.0. The van der Waals surface area contributed by atoms with Gasteiger partial charge in [-0.15, -0.1) is 0 Å². The van der Waals surface area contributed by atoms with E-state index in [1.54, 1.807) is 17.0 Å². The topological polar surface area (TPSA) is 75.5 Å². The van der Waals surface area contributed by atoms with E-state index >= 15 is 0 Å². The minimum absolute atomic E-state index is 0.0536. The molecule has 0 saturated carbocycles. The van der Waals surface area contributed by atoms with Crippen molar-refractivity contribution in [1.82, 2.24) is 4.90 Å². The Bertz CT molecular complexity index is 550. The summed E-state index contributed by atoms with van der Waals surface area (Å²) in [5, 5.41) is 14.5. The normalized spacial score (nSPS) is 18.4. The number of nitro groups is 1. The molecule has 1 heterocycles. The van der Waals surface area contributed by atoms with Crippen LogP contribution in [0.25, 0.3) is 0 Å². The summed E-state index contributed by atoms with van der Waals surface area (Å²) < 4.78 is 0. The Balaban J connectivity index is 2.25. The SMILES string of the molecule is CCNc1ccc(C(=O)N2CCSC(C)C2)cc1[N+](=O)[O-]. The summed E-state index contributed by atoms with van der Waals surface area (Å²) in [7, 11) is 0. The molecule has 0 aliphatic carbocycles. The van der Waals surface area contributed by atoms with Gasteiger partial charge in [0.2, 0.25) is 0 Å². The quantitative estimate of drug-likeness (QED) is 0.683. The zero-order valence-corrected chi connectivity index (χ0v) is 13.0. The van der Waals surface area contributed by atoms with Crippen molar-refractivity contribution >= 4 is 29.0 Å². The van der Waals surface area contributed by atoms with Crippen LogP contribution in [0.2, 0.25) is 0 Å². The van der Waals surface area contributed by atoms with Crippen molar-refractivity contribution < 1.29 is 9.72 Å². The van der Waals surface area contributed by atoms with Crippen molar-refractivity contribution in [2.45, 2.75) is 19.1 Å². The summed E-state index contributed by atoms with van der Waals surface area (Å²) in [4.78, 5) is 24.9. The van der Waals surface area contributed by atoms with E-state index in [2.05, 4.69) is 12.2 Å². The van der Waals surface area contributed by atoms with Crippen LogP contribution in [0.15, 0.2) is 18.2 Å². The van der Waals surface area contributed by atoms with Crippen molar-refractivity contribution in [2.24, 2.45) is 0 Å². The zero-order chi connectivity index (χ0) is 15.4. The van der Waals surface area contributed by atoms with E-state index < -0.39 is 4.92 Å². The van der Waals surface area contributed by atoms with Gasteiger partial charge in [-0.2, -0.15) is 11.8 Å². The predicted octanol–water partition coefficient (Wildman–Crippen LogP) is 2.60. The fourth-order valence-electron chi connectivity index (χ4n) is 2.34. The molecule has 21 heavy (non-hydrogen) atoms. The molecule has 1 aromatic rings. The van der Waals surface area contributed by atoms with E-state index in [0.29, 0.717) is 36.1 Å². The highest BCUT2D eigenvalue weighted by Crippen LogP contribution is 2.27. The van der Waals surface area contributed by atoms with E-state index in [0.717, 1.165) is 5.75 Å². The molecule has 1 aliphatic heterocycles. The number of hydrogen-bond donors (Lipinski definition) is 1. The number of benzene rings is 1. The molecule has 0 bridgehead atoms. The highest BCUT2D eigenvalue weighted by molar-refractivity contribution is 7.99. The summed E-state index contributed by atoms with van der Waals surface area (Å²) in [6.45, 7) is 5.92. The van der Waals surface area contributed by atoms with Crippen molar-refractivity contribution in [2.75, 3.05) is 30.7 Å². The van der Waals surface area contributed by atoms with Crippen LogP contribution in [-0.4, -0.2) is 46.4 Å². The first-order valence-corrected chi connectivity index (χ1v) is 8.01. The maximum absolute atomic E-state index is 12.5. The van der Waals surface area contributed by atoms with Crippen LogP contribution in [0.1, 0.15) is 24.2 Å². The average molecular weight is 309 g/mol. The van der Waals surface area contributed by atoms with Gasteiger partial charge in [-0.25, -0.2) is 0 Å². The molecule has 0 aromatic heterocycles. The number of rotatable bonds is 4. The summed E-state index contributed by atoms with van der Waals surface area (Å²) in [6, 6.07) is 4.63. The van der Waals surface area contributed by atoms with Crippen molar-refractivity contribution in [3.8, 4) is 0 Å². The Morgan fingerprint density at radius 2 is 2.33 bits per heavy atom. The van der Waals surface area contributed by atoms with Gasteiger partial charge in [-0.05, 0) is 19.1 Å². The molecule has 1 aromatic carbocycles. The van der Waals surface area contributed by atoms with Gasteiger partial charge in [-0.3, -0.25) is 14.9 Å². The number of amides is 1. The lowest BCUT2D eigenvalue weighted by Gasteiger charge is -2.30. The van der Waals surface area contributed by atoms with Gasteiger partial charge in [0.05, 0.1) is 4.92 Å². The number of carbonyl (C=O) groups excluding carboxylic acids is 1. The minimum atomic E-state index is -0.455. The molecular formula is C14H19N3O3S. The van der Waals surface area contributed by atoms with E-state index in [1.165, 1.54) is 6.07 Å². The van der Waals surface area contributed by atoms with Gasteiger partial charge in [0.15, 0.2) is 0 Å². The van der Waals surface area contributed by atoms with Crippen molar-refractivity contribution in [3.05, 3.63) is 33.9 Å². The fraction of sp³-hybridized carbons (Fsp3) is 0.500. The maximum atomic E-state index is 12.5. The number of nitro benzene ring substituents is 1. The molecule has 7 heteroatoms. The van der Waals surface area contributed by atoms with Gasteiger partial charge >= 0.3 is 0 Å². The van der Waals surface area contributed by atoms with Gasteiger partial charge in [0.25, 0.3) is 11.6 Å². The Morgan fingerprint density at radius 1 is 1.57 bits per heavy atom. The second-order valence-corrected chi connectivity index (χ2v) is 6.50. The van der Waals surface area contributed by atoms with Crippen LogP contribution in [0.3, 0.4) is 0 Å². The second-order valence-electron chi connectivity index (χ2n) is 4.95. The molecule has 0 spiro atoms. The lowest BCUT2D eigenvalue weighted by atomic mass is 10.1. The van der Waals surface area contributed by atoms with E-state index in [1.807, 2.05) is 18.7 Å². The Labute approximate surface area is 128 Å². The number of hydrogen-bond acceptors (Lipinski definition) is 5. The Morgan fingerprint density at radius 3 is 2.95 bits per heavy atom. The summed E-state index contributed by atoms with van der Waals surface area (Å²) in [6.07, 6.45) is 0. The number of nitrogens with zero attached hydrogens (tertiary/aromatic N) is 2. The molecule has 1 amide bonds. The van der Waals surface area contributed by atoms with Crippen LogP contribution in [0.4, 0.5) is 11.4 Å². The maximum Gasteiger partial charge on any atom is 0.293 e. The van der Waals surface area contributed by atoms with E-state index in [-0.39, 0.29) is 11.6 Å². The average Bonchev–Trinajstić information content (AvgIpc) is 2.47. The molecule has 1 unspecified atom stereocenters. The smallest absolute Gasteiger partial charge is 0.293 e. The summed E-state index contributed by atoms with van der Waals surface area (Å²) in [5.41, 5.74) is 0.770. The third-order valence-electron chi connectivity index (χ3n) is 3.34. The number of thioether (sulfide) groups is 1. The van der Waals surface area contributed by atoms with Gasteiger partial charge < -0.3 is 10.2 Å². The largest absolute Gasteiger partial charge is 0.380 e. The first-order valence-electron chi connectivity index (χ1n) is 6.96. The zero-order valence-electron chi connectivity index (χ0n) is 12.2. The van der Waals surface area contributed by atoms with Crippen molar-refractivity contribution in [3.63, 3.8) is 0 Å². The van der Waals surface area contributed by atoms with Crippen LogP contribution in [0, 0.1) is 10.1 Å². The summed E-state index contributed by atoms with van der Waals surface area (Å²) >= 11 is 1.84. The van der Waals surface area contributed by atoms with Gasteiger partial charge in [-0.1, -0.05) is 6.92 Å². The van der Waals surface area contributed by atoms with Crippen molar-refractivity contribution in [1.29, 1.82) is 0 Å². The standard InChI is InChI=1S/C14H19N3O3S/c1-3-15-12-5-4-11(8-13(12)17(19)20)14(18)16-6-7-21-10(2)9-16/h4-5,8,10,15H,3,6-7,9H2,1-2H3. The fourth-order valence-corrected chi connectivity index (χ4v) is 3.35. The third kappa shape index (κ3) is 3.66. The molecule has 0 radical (unpaired) electrons. The third-order valence-corrected chi connectivity index (χ3v) is 4.47. The van der Waals surface area contributed by atoms with Crippen LogP contribution >= 0.6 is 11.8 Å². The Kier molecular flexibility index (Phi) is 5.06. The second kappa shape index (κ2) is 6.80. The number of anilines is 1. The molecule has 1 aliphatic rings. The van der Waals surface area contributed by atoms with Gasteiger partial charge in [0.1, 0.15) is 5.69 Å². The molecule has 1 saturated heterocycles. The lowest BCUT2D eigenvalue weighted by Crippen LogP contribution is -2.41. The number of carbonyl (C=O) groups is 1. The molecule has 1 atom stereocenters. The molecule has 2 rings (SSSR count). The van der Waals surface area contributed by atoms with E-state index in [9.17, 15) is 14.9 Å². The predicted molar refractivity (Wildman–Crippen MR) is 85.1 cm³/mol. The highest BCUT2D eigenvalue weighted by Gasteiger charge is 2.24. The van der Waals surface area contributed by atoms with Crippen LogP contribution in [-0.2, 0) is 0 Å². The summed E-state index contributed by atoms with van der Waals surface area (Å²) in [5.74, 6) is 0.776. The van der Waals surface area contributed by atoms with Crippen LogP contribution in [0.5, 0.6) is 0 Å². The lowest BCUT2D eigenvalue weighted by molar-refractivity contribution is -0.384. The molecule has 1 N–H and O–H groups in total. The van der Waals surface area contributed by atoms with Gasteiger partial charge in [0, 0.05) is 42.3 Å².